The van der Waals surface area contributed by atoms with Gasteiger partial charge in [0, 0.05) is 39.0 Å². The van der Waals surface area contributed by atoms with Gasteiger partial charge < -0.3 is 19.3 Å². The van der Waals surface area contributed by atoms with Crippen LogP contribution in [0.5, 0.6) is 0 Å². The normalized spacial score (nSPS) is 17.5. The third-order valence-corrected chi connectivity index (χ3v) is 4.30. The van der Waals surface area contributed by atoms with Gasteiger partial charge in [0.1, 0.15) is 6.61 Å². The molecule has 1 aromatic rings. The van der Waals surface area contributed by atoms with E-state index in [1.54, 1.807) is 21.0 Å². The maximum Gasteiger partial charge on any atom is 0.338 e. The number of ether oxygens (including phenoxy) is 2. The minimum absolute atomic E-state index is 0.0689. The number of hydrogen-bond acceptors (Lipinski definition) is 6. The summed E-state index contributed by atoms with van der Waals surface area (Å²) in [4.78, 5) is 38.2. The second-order valence-corrected chi connectivity index (χ2v) is 5.83. The van der Waals surface area contributed by atoms with Crippen molar-refractivity contribution in [3.8, 4) is 0 Å². The van der Waals surface area contributed by atoms with Gasteiger partial charge in [-0.1, -0.05) is 0 Å². The van der Waals surface area contributed by atoms with Gasteiger partial charge in [-0.05, 0) is 24.6 Å². The molecule has 9 nitrogen and oxygen atoms in total. The average Bonchev–Trinajstić information content (AvgIpc) is 2.63. The fraction of sp³-hybridized carbons (Fsp3) is 0.412. The summed E-state index contributed by atoms with van der Waals surface area (Å²) in [6, 6.07) is 4.76. The summed E-state index contributed by atoms with van der Waals surface area (Å²) in [5.74, 6) is -0.561. The lowest BCUT2D eigenvalue weighted by Crippen LogP contribution is -2.47. The van der Waals surface area contributed by atoms with Crippen LogP contribution in [-0.2, 0) is 14.3 Å². The zero-order valence-electron chi connectivity index (χ0n) is 15.1. The second-order valence-electron chi connectivity index (χ2n) is 5.83. The van der Waals surface area contributed by atoms with E-state index in [1.807, 2.05) is 0 Å². The summed E-state index contributed by atoms with van der Waals surface area (Å²) in [5.41, 5.74) is 1.29. The maximum absolute atomic E-state index is 12.6. The fourth-order valence-electron chi connectivity index (χ4n) is 2.79. The summed E-state index contributed by atoms with van der Waals surface area (Å²) in [6.07, 6.45) is 0. The molecule has 140 valence electrons. The van der Waals surface area contributed by atoms with Crippen molar-refractivity contribution in [1.29, 1.82) is 0 Å². The molecule has 0 saturated carbocycles. The number of nitrogens with zero attached hydrogens (tertiary/aromatic N) is 3. The Bertz CT molecular complexity index is 743. The quantitative estimate of drug-likeness (QED) is 0.332. The summed E-state index contributed by atoms with van der Waals surface area (Å²) in [7, 11) is 4.64. The lowest BCUT2D eigenvalue weighted by Gasteiger charge is -2.39. The molecule has 0 spiro atoms. The number of esters is 1. The molecule has 9 heteroatoms. The van der Waals surface area contributed by atoms with Gasteiger partial charge >= 0.3 is 12.0 Å². The van der Waals surface area contributed by atoms with E-state index in [-0.39, 0.29) is 24.9 Å². The molecular weight excluding hydrogens is 342 g/mol. The number of methoxy groups -OCH3 is 1. The Hall–Kier alpha value is -2.94. The zero-order chi connectivity index (χ0) is 19.4. The number of hydrogen-bond donors (Lipinski definition) is 0. The third kappa shape index (κ3) is 3.67. The van der Waals surface area contributed by atoms with Crippen LogP contribution in [0.25, 0.3) is 0 Å². The van der Waals surface area contributed by atoms with E-state index in [0.717, 1.165) is 0 Å². The first-order chi connectivity index (χ1) is 12.3. The summed E-state index contributed by atoms with van der Waals surface area (Å²) in [6.45, 7) is 2.00. The molecular formula is C17H21N3O6. The predicted molar refractivity (Wildman–Crippen MR) is 92.3 cm³/mol. The van der Waals surface area contributed by atoms with Gasteiger partial charge in [-0.2, -0.15) is 0 Å². The van der Waals surface area contributed by atoms with E-state index in [4.69, 9.17) is 9.47 Å². The maximum atomic E-state index is 12.6. The summed E-state index contributed by atoms with van der Waals surface area (Å²) in [5, 5.41) is 10.9. The van der Waals surface area contributed by atoms with E-state index in [0.29, 0.717) is 16.8 Å². The van der Waals surface area contributed by atoms with Crippen molar-refractivity contribution in [2.75, 3.05) is 34.4 Å². The number of rotatable bonds is 6. The highest BCUT2D eigenvalue weighted by molar-refractivity contribution is 5.94. The number of benzene rings is 1. The summed E-state index contributed by atoms with van der Waals surface area (Å²) < 4.78 is 10.1. The van der Waals surface area contributed by atoms with Crippen LogP contribution in [0.15, 0.2) is 35.5 Å². The minimum atomic E-state index is -0.699. The Kier molecular flexibility index (Phi) is 5.93. The van der Waals surface area contributed by atoms with Crippen molar-refractivity contribution in [3.63, 3.8) is 0 Å². The van der Waals surface area contributed by atoms with Gasteiger partial charge in [0.15, 0.2) is 0 Å². The lowest BCUT2D eigenvalue weighted by molar-refractivity contribution is -0.384. The van der Waals surface area contributed by atoms with Gasteiger partial charge in [-0.15, -0.1) is 0 Å². The molecule has 1 aromatic carbocycles. The molecule has 1 aliphatic rings. The number of non-ortho nitro benzene ring substituents is 1. The number of nitro groups is 1. The standard InChI is InChI=1S/C17H21N3O6/c1-11-14(16(21)26-10-9-25-4)15(19(3)17(22)18(11)2)12-5-7-13(8-6-12)20(23)24/h5-8,15H,9-10H2,1-4H3/t15-/m0/s1. The van der Waals surface area contributed by atoms with Gasteiger partial charge in [0.05, 0.1) is 23.1 Å². The Balaban J connectivity index is 2.45. The molecule has 0 aliphatic carbocycles. The zero-order valence-corrected chi connectivity index (χ0v) is 15.1. The highest BCUT2D eigenvalue weighted by Gasteiger charge is 2.39. The molecule has 0 fully saturated rings. The Morgan fingerprint density at radius 2 is 1.85 bits per heavy atom. The van der Waals surface area contributed by atoms with Gasteiger partial charge in [-0.25, -0.2) is 9.59 Å². The molecule has 1 heterocycles. The van der Waals surface area contributed by atoms with E-state index in [1.165, 1.54) is 41.2 Å². The van der Waals surface area contributed by atoms with Crippen molar-refractivity contribution in [2.24, 2.45) is 0 Å². The monoisotopic (exact) mass is 363 g/mol. The van der Waals surface area contributed by atoms with Crippen LogP contribution in [0.3, 0.4) is 0 Å². The van der Waals surface area contributed by atoms with Crippen LogP contribution in [0.1, 0.15) is 18.5 Å². The van der Waals surface area contributed by atoms with Gasteiger partial charge in [0.25, 0.3) is 5.69 Å². The van der Waals surface area contributed by atoms with Crippen LogP contribution in [0.4, 0.5) is 10.5 Å². The first-order valence-electron chi connectivity index (χ1n) is 7.91. The SMILES string of the molecule is COCCOC(=O)C1=C(C)N(C)C(=O)N(C)[C@H]1c1ccc([N+](=O)[O-])cc1. The first-order valence-corrected chi connectivity index (χ1v) is 7.91. The molecule has 0 bridgehead atoms. The van der Waals surface area contributed by atoms with Gasteiger partial charge in [-0.3, -0.25) is 10.1 Å². The molecule has 0 unspecified atom stereocenters. The Labute approximate surface area is 150 Å². The van der Waals surface area contributed by atoms with Crippen LogP contribution in [-0.4, -0.2) is 61.1 Å². The van der Waals surface area contributed by atoms with Gasteiger partial charge in [0.2, 0.25) is 0 Å². The largest absolute Gasteiger partial charge is 0.460 e. The molecule has 0 aromatic heterocycles. The van der Waals surface area contributed by atoms with E-state index < -0.39 is 16.9 Å². The predicted octanol–water partition coefficient (Wildman–Crippen LogP) is 2.10. The molecule has 0 saturated heterocycles. The van der Waals surface area contributed by atoms with Crippen LogP contribution in [0, 0.1) is 10.1 Å². The number of allylic oxidation sites excluding steroid dienone is 1. The number of carbonyl (C=O) groups is 2. The highest BCUT2D eigenvalue weighted by Crippen LogP contribution is 2.36. The number of urea groups is 1. The molecule has 2 rings (SSSR count). The third-order valence-electron chi connectivity index (χ3n) is 4.30. The van der Waals surface area contributed by atoms with Crippen LogP contribution < -0.4 is 0 Å². The van der Waals surface area contributed by atoms with E-state index in [9.17, 15) is 19.7 Å². The van der Waals surface area contributed by atoms with Crippen LogP contribution >= 0.6 is 0 Å². The van der Waals surface area contributed by atoms with Crippen molar-refractivity contribution in [1.82, 2.24) is 9.80 Å². The average molecular weight is 363 g/mol. The highest BCUT2D eigenvalue weighted by atomic mass is 16.6. The summed E-state index contributed by atoms with van der Waals surface area (Å²) >= 11 is 0. The number of carbonyl (C=O) groups excluding carboxylic acids is 2. The number of amides is 2. The van der Waals surface area contributed by atoms with E-state index >= 15 is 0 Å². The number of nitro benzene ring substituents is 1. The molecule has 0 radical (unpaired) electrons. The Morgan fingerprint density at radius 1 is 1.23 bits per heavy atom. The second kappa shape index (κ2) is 7.96. The molecule has 1 aliphatic heterocycles. The smallest absolute Gasteiger partial charge is 0.338 e. The number of likely N-dealkylation sites (N-methyl/N-ethyl adjacent to an activating group) is 1. The Morgan fingerprint density at radius 3 is 2.38 bits per heavy atom. The van der Waals surface area contributed by atoms with Crippen molar-refractivity contribution >= 4 is 17.7 Å². The van der Waals surface area contributed by atoms with Crippen LogP contribution in [0.2, 0.25) is 0 Å². The van der Waals surface area contributed by atoms with Crippen molar-refractivity contribution < 1.29 is 24.0 Å². The first kappa shape index (κ1) is 19.4. The van der Waals surface area contributed by atoms with E-state index in [2.05, 4.69) is 0 Å². The minimum Gasteiger partial charge on any atom is -0.460 e. The lowest BCUT2D eigenvalue weighted by atomic mass is 9.93. The van der Waals surface area contributed by atoms with Crippen molar-refractivity contribution in [2.45, 2.75) is 13.0 Å². The molecule has 2 amide bonds. The molecule has 0 N–H and O–H groups in total. The fourth-order valence-corrected chi connectivity index (χ4v) is 2.79. The van der Waals surface area contributed by atoms with Crippen molar-refractivity contribution in [3.05, 3.63) is 51.2 Å². The molecule has 26 heavy (non-hydrogen) atoms. The molecule has 1 atom stereocenters. The topological polar surface area (TPSA) is 102 Å².